The van der Waals surface area contributed by atoms with E-state index in [2.05, 4.69) is 15.3 Å². The summed E-state index contributed by atoms with van der Waals surface area (Å²) in [7, 11) is 0. The van der Waals surface area contributed by atoms with Crippen molar-refractivity contribution in [1.82, 2.24) is 9.97 Å². The molecule has 0 bridgehead atoms. The molecule has 0 aromatic carbocycles. The van der Waals surface area contributed by atoms with Crippen molar-refractivity contribution in [2.45, 2.75) is 18.9 Å². The summed E-state index contributed by atoms with van der Waals surface area (Å²) in [6.45, 7) is 0. The van der Waals surface area contributed by atoms with Crippen LogP contribution in [-0.2, 0) is 0 Å². The first-order chi connectivity index (χ1) is 8.16. The van der Waals surface area contributed by atoms with Gasteiger partial charge in [0.05, 0.1) is 4.92 Å². The molecule has 1 aliphatic heterocycles. The summed E-state index contributed by atoms with van der Waals surface area (Å²) in [5, 5.41) is 13.9. The van der Waals surface area contributed by atoms with Crippen LogP contribution >= 0.6 is 11.8 Å². The highest BCUT2D eigenvalue weighted by Crippen LogP contribution is 2.25. The lowest BCUT2D eigenvalue weighted by Crippen LogP contribution is -2.26. The average Bonchev–Trinajstić information content (AvgIpc) is 2.30. The fourth-order valence-electron chi connectivity index (χ4n) is 1.68. The van der Waals surface area contributed by atoms with Crippen molar-refractivity contribution in [3.63, 3.8) is 0 Å². The van der Waals surface area contributed by atoms with Crippen molar-refractivity contribution in [2.24, 2.45) is 0 Å². The zero-order valence-corrected chi connectivity index (χ0v) is 9.94. The molecule has 1 aromatic heterocycles. The van der Waals surface area contributed by atoms with Crippen molar-refractivity contribution in [3.8, 4) is 0 Å². The first-order valence-corrected chi connectivity index (χ1v) is 6.43. The molecular formula is C9H13N5O2S. The summed E-state index contributed by atoms with van der Waals surface area (Å²) in [6.07, 6.45) is 3.24. The number of hydrogen-bond acceptors (Lipinski definition) is 7. The Hall–Kier alpha value is -1.57. The van der Waals surface area contributed by atoms with Crippen LogP contribution in [0.2, 0.25) is 0 Å². The Morgan fingerprint density at radius 2 is 2.47 bits per heavy atom. The summed E-state index contributed by atoms with van der Waals surface area (Å²) in [5.74, 6) is 2.34. The van der Waals surface area contributed by atoms with E-state index in [-0.39, 0.29) is 23.5 Å². The Labute approximate surface area is 102 Å². The van der Waals surface area contributed by atoms with Gasteiger partial charge in [-0.25, -0.2) is 4.98 Å². The molecule has 1 atom stereocenters. The fraction of sp³-hybridized carbons (Fsp3) is 0.556. The molecule has 8 heteroatoms. The smallest absolute Gasteiger partial charge is 0.329 e. The van der Waals surface area contributed by atoms with Gasteiger partial charge in [-0.3, -0.25) is 10.1 Å². The van der Waals surface area contributed by atoms with E-state index in [4.69, 9.17) is 5.73 Å². The van der Waals surface area contributed by atoms with Crippen LogP contribution in [0.1, 0.15) is 12.8 Å². The third kappa shape index (κ3) is 2.96. The van der Waals surface area contributed by atoms with Gasteiger partial charge in [-0.05, 0) is 18.6 Å². The van der Waals surface area contributed by atoms with E-state index in [1.165, 1.54) is 0 Å². The van der Waals surface area contributed by atoms with E-state index in [9.17, 15) is 10.1 Å². The minimum atomic E-state index is -0.502. The van der Waals surface area contributed by atoms with Crippen LogP contribution in [0.4, 0.5) is 17.5 Å². The third-order valence-corrected chi connectivity index (χ3v) is 3.70. The highest BCUT2D eigenvalue weighted by molar-refractivity contribution is 7.99. The van der Waals surface area contributed by atoms with Crippen molar-refractivity contribution >= 4 is 29.2 Å². The summed E-state index contributed by atoms with van der Waals surface area (Å²) in [6, 6.07) is 0.210. The number of nitrogens with one attached hydrogen (secondary N) is 1. The molecule has 3 N–H and O–H groups in total. The summed E-state index contributed by atoms with van der Waals surface area (Å²) >= 11 is 1.83. The largest absolute Gasteiger partial charge is 0.368 e. The number of rotatable bonds is 3. The molecule has 0 amide bonds. The maximum Gasteiger partial charge on any atom is 0.329 e. The number of anilines is 2. The molecule has 1 aromatic rings. The minimum Gasteiger partial charge on any atom is -0.368 e. The van der Waals surface area contributed by atoms with Gasteiger partial charge in [0.1, 0.15) is 6.20 Å². The monoisotopic (exact) mass is 255 g/mol. The van der Waals surface area contributed by atoms with Gasteiger partial charge in [0.15, 0.2) is 0 Å². The molecule has 7 nitrogen and oxygen atoms in total. The van der Waals surface area contributed by atoms with Gasteiger partial charge in [-0.15, -0.1) is 0 Å². The summed E-state index contributed by atoms with van der Waals surface area (Å²) in [5.41, 5.74) is 5.31. The van der Waals surface area contributed by atoms with E-state index in [1.54, 1.807) is 0 Å². The second-order valence-electron chi connectivity index (χ2n) is 3.78. The Morgan fingerprint density at radius 1 is 1.65 bits per heavy atom. The van der Waals surface area contributed by atoms with Crippen molar-refractivity contribution in [2.75, 3.05) is 22.6 Å². The highest BCUT2D eigenvalue weighted by atomic mass is 32.2. The molecule has 2 rings (SSSR count). The Kier molecular flexibility index (Phi) is 3.62. The van der Waals surface area contributed by atoms with Gasteiger partial charge in [0.2, 0.25) is 11.8 Å². The maximum atomic E-state index is 10.8. The number of thioether (sulfide) groups is 1. The van der Waals surface area contributed by atoms with Crippen LogP contribution in [0.3, 0.4) is 0 Å². The number of nitro groups is 1. The van der Waals surface area contributed by atoms with Crippen LogP contribution in [0, 0.1) is 10.1 Å². The van der Waals surface area contributed by atoms with E-state index >= 15 is 0 Å². The fourth-order valence-corrected chi connectivity index (χ4v) is 2.75. The Balaban J connectivity index is 2.17. The van der Waals surface area contributed by atoms with Crippen LogP contribution < -0.4 is 11.1 Å². The highest BCUT2D eigenvalue weighted by Gasteiger charge is 2.21. The second-order valence-corrected chi connectivity index (χ2v) is 4.93. The van der Waals surface area contributed by atoms with Gasteiger partial charge in [0.25, 0.3) is 0 Å². The molecule has 17 heavy (non-hydrogen) atoms. The van der Waals surface area contributed by atoms with Gasteiger partial charge in [-0.1, -0.05) is 0 Å². The molecule has 0 radical (unpaired) electrons. The van der Waals surface area contributed by atoms with Crippen LogP contribution in [0.25, 0.3) is 0 Å². The standard InChI is InChI=1S/C9H13N5O2S/c10-9-11-4-7(14(15)16)8(13-9)12-6-2-1-3-17-5-6/h4,6H,1-3,5H2,(H3,10,11,12,13). The lowest BCUT2D eigenvalue weighted by molar-refractivity contribution is -0.384. The van der Waals surface area contributed by atoms with E-state index in [1.807, 2.05) is 11.8 Å². The van der Waals surface area contributed by atoms with Gasteiger partial charge < -0.3 is 11.1 Å². The predicted molar refractivity (Wildman–Crippen MR) is 67.1 cm³/mol. The van der Waals surface area contributed by atoms with Gasteiger partial charge >= 0.3 is 5.69 Å². The Bertz CT molecular complexity index is 422. The van der Waals surface area contributed by atoms with Crippen LogP contribution in [-0.4, -0.2) is 32.4 Å². The number of nitrogens with two attached hydrogens (primary N) is 1. The molecule has 1 fully saturated rings. The summed E-state index contributed by atoms with van der Waals surface area (Å²) in [4.78, 5) is 17.8. The molecule has 1 aliphatic rings. The number of aromatic nitrogens is 2. The number of hydrogen-bond donors (Lipinski definition) is 2. The SMILES string of the molecule is Nc1ncc([N+](=O)[O-])c(NC2CCCSC2)n1. The van der Waals surface area contributed by atoms with E-state index in [0.717, 1.165) is 30.5 Å². The first-order valence-electron chi connectivity index (χ1n) is 5.28. The number of nitrogen functional groups attached to an aromatic ring is 1. The molecule has 0 aliphatic carbocycles. The Morgan fingerprint density at radius 3 is 3.12 bits per heavy atom. The molecular weight excluding hydrogens is 242 g/mol. The third-order valence-electron chi connectivity index (χ3n) is 2.49. The molecule has 1 unspecified atom stereocenters. The topological polar surface area (TPSA) is 107 Å². The van der Waals surface area contributed by atoms with E-state index in [0.29, 0.717) is 0 Å². The number of nitrogens with zero attached hydrogens (tertiary/aromatic N) is 3. The molecule has 2 heterocycles. The van der Waals surface area contributed by atoms with E-state index < -0.39 is 4.92 Å². The lowest BCUT2D eigenvalue weighted by Gasteiger charge is -2.22. The van der Waals surface area contributed by atoms with Crippen molar-refractivity contribution in [1.29, 1.82) is 0 Å². The molecule has 92 valence electrons. The lowest BCUT2D eigenvalue weighted by atomic mass is 10.2. The van der Waals surface area contributed by atoms with Crippen molar-refractivity contribution < 1.29 is 4.92 Å². The normalized spacial score (nSPS) is 19.9. The molecule has 1 saturated heterocycles. The molecule has 0 saturated carbocycles. The first kappa shape index (κ1) is 11.9. The molecule has 0 spiro atoms. The summed E-state index contributed by atoms with van der Waals surface area (Å²) < 4.78 is 0. The van der Waals surface area contributed by atoms with Crippen LogP contribution in [0.5, 0.6) is 0 Å². The second kappa shape index (κ2) is 5.17. The van der Waals surface area contributed by atoms with Gasteiger partial charge in [-0.2, -0.15) is 16.7 Å². The zero-order valence-electron chi connectivity index (χ0n) is 9.13. The van der Waals surface area contributed by atoms with Crippen LogP contribution in [0.15, 0.2) is 6.20 Å². The van der Waals surface area contributed by atoms with Gasteiger partial charge in [0, 0.05) is 11.8 Å². The zero-order chi connectivity index (χ0) is 12.3. The minimum absolute atomic E-state index is 0.0431. The maximum absolute atomic E-state index is 10.8. The predicted octanol–water partition coefficient (Wildman–Crippen LogP) is 1.27. The van der Waals surface area contributed by atoms with Crippen molar-refractivity contribution in [3.05, 3.63) is 16.3 Å². The average molecular weight is 255 g/mol. The quantitative estimate of drug-likeness (QED) is 0.618.